The van der Waals surface area contributed by atoms with Crippen molar-refractivity contribution in [3.8, 4) is 17.0 Å². The van der Waals surface area contributed by atoms with E-state index >= 15 is 0 Å². The highest BCUT2D eigenvalue weighted by molar-refractivity contribution is 7.07. The van der Waals surface area contributed by atoms with E-state index in [-0.39, 0.29) is 18.3 Å². The van der Waals surface area contributed by atoms with E-state index in [1.165, 1.54) is 42.7 Å². The van der Waals surface area contributed by atoms with Crippen molar-refractivity contribution < 1.29 is 32.2 Å². The molecule has 8 nitrogen and oxygen atoms in total. The van der Waals surface area contributed by atoms with Crippen molar-refractivity contribution >= 4 is 28.6 Å². The highest BCUT2D eigenvalue weighted by Crippen LogP contribution is 2.27. The van der Waals surface area contributed by atoms with Crippen LogP contribution in [0.25, 0.3) is 11.3 Å². The van der Waals surface area contributed by atoms with Crippen LogP contribution in [0.4, 0.5) is 24.5 Å². The van der Waals surface area contributed by atoms with Gasteiger partial charge in [-0.1, -0.05) is 12.1 Å². The Labute approximate surface area is 222 Å². The molecule has 3 aromatic rings. The fraction of sp³-hybridized carbons (Fsp3) is 0.385. The molecule has 1 aliphatic rings. The number of benzene rings is 2. The first-order valence-corrected chi connectivity index (χ1v) is 13.0. The molecule has 0 saturated carbocycles. The molecule has 1 amide bonds. The monoisotopic (exact) mass is 550 g/mol. The maximum atomic E-state index is 12.5. The highest BCUT2D eigenvalue weighted by Gasteiger charge is 2.30. The fourth-order valence-corrected chi connectivity index (χ4v) is 4.97. The number of ether oxygens (including phenoxy) is 3. The van der Waals surface area contributed by atoms with Crippen molar-refractivity contribution in [2.24, 2.45) is 4.99 Å². The molecule has 0 atom stereocenters. The summed E-state index contributed by atoms with van der Waals surface area (Å²) in [5, 5.41) is 4.82. The Hall–Kier alpha value is -3.35. The Kier molecular flexibility index (Phi) is 9.43. The van der Waals surface area contributed by atoms with Crippen LogP contribution >= 0.6 is 11.3 Å². The number of hydrogen-bond donors (Lipinski definition) is 1. The number of nitrogens with zero attached hydrogens (tertiary/aromatic N) is 3. The number of aromatic nitrogens is 1. The van der Waals surface area contributed by atoms with E-state index < -0.39 is 6.36 Å². The number of morpholine rings is 1. The number of nitrogens with one attached hydrogen (secondary N) is 1. The van der Waals surface area contributed by atoms with Crippen molar-refractivity contribution in [1.82, 2.24) is 9.88 Å². The Morgan fingerprint density at radius 3 is 2.47 bits per heavy atom. The van der Waals surface area contributed by atoms with Crippen LogP contribution in [0.5, 0.6) is 5.75 Å². The molecule has 1 fully saturated rings. The Morgan fingerprint density at radius 2 is 1.82 bits per heavy atom. The lowest BCUT2D eigenvalue weighted by atomic mass is 10.1. The van der Waals surface area contributed by atoms with Crippen LogP contribution in [0.3, 0.4) is 0 Å². The average molecular weight is 551 g/mol. The van der Waals surface area contributed by atoms with Crippen molar-refractivity contribution in [1.29, 1.82) is 0 Å². The fourth-order valence-electron chi connectivity index (χ4n) is 4.01. The van der Waals surface area contributed by atoms with E-state index in [0.29, 0.717) is 43.2 Å². The van der Waals surface area contributed by atoms with Gasteiger partial charge in [-0.3, -0.25) is 4.79 Å². The Bertz CT molecular complexity index is 1250. The summed E-state index contributed by atoms with van der Waals surface area (Å²) >= 11 is 1.44. The topological polar surface area (TPSA) is 77.3 Å². The number of carbonyl (C=O) groups is 1. The number of carbonyl (C=O) groups excluding carboxylic acids is 1. The van der Waals surface area contributed by atoms with Crippen molar-refractivity contribution in [3.63, 3.8) is 0 Å². The second-order valence-electron chi connectivity index (χ2n) is 8.49. The van der Waals surface area contributed by atoms with Gasteiger partial charge < -0.3 is 29.0 Å². The lowest BCUT2D eigenvalue weighted by Gasteiger charge is -2.28. The van der Waals surface area contributed by atoms with E-state index in [1.807, 2.05) is 5.38 Å². The van der Waals surface area contributed by atoms with E-state index in [2.05, 4.69) is 48.8 Å². The predicted molar refractivity (Wildman–Crippen MR) is 139 cm³/mol. The molecular weight excluding hydrogens is 521 g/mol. The summed E-state index contributed by atoms with van der Waals surface area (Å²) in [4.78, 5) is 19.4. The summed E-state index contributed by atoms with van der Waals surface area (Å²) in [6, 6.07) is 13.7. The largest absolute Gasteiger partial charge is 0.573 e. The number of thiazole rings is 1. The minimum atomic E-state index is -4.75. The molecule has 0 aliphatic carbocycles. The molecule has 1 aliphatic heterocycles. The first-order chi connectivity index (χ1) is 18.3. The number of methoxy groups -OCH3 is 1. The molecule has 0 unspecified atom stereocenters. The minimum Gasteiger partial charge on any atom is -0.406 e. The maximum absolute atomic E-state index is 12.5. The zero-order valence-corrected chi connectivity index (χ0v) is 21.7. The summed E-state index contributed by atoms with van der Waals surface area (Å²) in [5.74, 6) is -0.490. The van der Waals surface area contributed by atoms with Gasteiger partial charge in [0.15, 0.2) is 4.80 Å². The standard InChI is InChI=1S/C26H29F3N4O4S/c1-35-17-24(34)30-11-2-12-33-23(19-3-7-21(8-4-19)32-13-15-36-16-14-32)18-38-25(33)31-20-5-9-22(10-6-20)37-26(27,28)29/h3-10,18H,2,11-17H2,1H3,(H,30,34)/b31-25-. The molecule has 2 heterocycles. The van der Waals surface area contributed by atoms with Crippen LogP contribution in [0.1, 0.15) is 6.42 Å². The number of alkyl halides is 3. The molecule has 0 bridgehead atoms. The van der Waals surface area contributed by atoms with Gasteiger partial charge in [0.25, 0.3) is 0 Å². The van der Waals surface area contributed by atoms with Crippen LogP contribution in [-0.2, 0) is 20.8 Å². The van der Waals surface area contributed by atoms with Gasteiger partial charge in [0.2, 0.25) is 5.91 Å². The summed E-state index contributed by atoms with van der Waals surface area (Å²) < 4.78 is 53.8. The van der Waals surface area contributed by atoms with E-state index in [0.717, 1.165) is 30.0 Å². The molecule has 1 saturated heterocycles. The van der Waals surface area contributed by atoms with Gasteiger partial charge in [-0.05, 0) is 48.4 Å². The lowest BCUT2D eigenvalue weighted by molar-refractivity contribution is -0.274. The zero-order chi connectivity index (χ0) is 27.0. The first-order valence-electron chi connectivity index (χ1n) is 12.1. The van der Waals surface area contributed by atoms with Gasteiger partial charge >= 0.3 is 6.36 Å². The number of amides is 1. The van der Waals surface area contributed by atoms with Crippen LogP contribution < -0.4 is 19.8 Å². The Balaban J connectivity index is 1.57. The van der Waals surface area contributed by atoms with E-state index in [4.69, 9.17) is 9.47 Å². The second kappa shape index (κ2) is 12.9. The SMILES string of the molecule is COCC(=O)NCCCn1c(-c2ccc(N3CCOCC3)cc2)cs/c1=N\c1ccc(OC(F)(F)F)cc1. The summed E-state index contributed by atoms with van der Waals surface area (Å²) in [7, 11) is 1.47. The molecule has 38 heavy (non-hydrogen) atoms. The average Bonchev–Trinajstić information content (AvgIpc) is 3.30. The van der Waals surface area contributed by atoms with Crippen LogP contribution in [0, 0.1) is 0 Å². The van der Waals surface area contributed by atoms with Crippen LogP contribution in [-0.4, -0.2) is 63.4 Å². The second-order valence-corrected chi connectivity index (χ2v) is 9.33. The summed E-state index contributed by atoms with van der Waals surface area (Å²) in [5.41, 5.74) is 3.60. The highest BCUT2D eigenvalue weighted by atomic mass is 32.1. The third-order valence-corrected chi connectivity index (χ3v) is 6.65. The molecule has 1 aromatic heterocycles. The van der Waals surface area contributed by atoms with Crippen LogP contribution in [0.2, 0.25) is 0 Å². The first kappa shape index (κ1) is 27.7. The maximum Gasteiger partial charge on any atom is 0.573 e. The Morgan fingerprint density at radius 1 is 1.11 bits per heavy atom. The van der Waals surface area contributed by atoms with E-state index in [9.17, 15) is 18.0 Å². The molecule has 2 aromatic carbocycles. The molecule has 12 heteroatoms. The molecule has 0 radical (unpaired) electrons. The number of halogens is 3. The van der Waals surface area contributed by atoms with Crippen molar-refractivity contribution in [3.05, 3.63) is 58.7 Å². The van der Waals surface area contributed by atoms with Crippen molar-refractivity contribution in [2.75, 3.05) is 51.5 Å². The minimum absolute atomic E-state index is 0.000959. The van der Waals surface area contributed by atoms with Gasteiger partial charge in [-0.15, -0.1) is 24.5 Å². The quantitative estimate of drug-likeness (QED) is 0.380. The zero-order valence-electron chi connectivity index (χ0n) is 20.9. The van der Waals surface area contributed by atoms with E-state index in [1.54, 1.807) is 0 Å². The van der Waals surface area contributed by atoms with Gasteiger partial charge in [0.05, 0.1) is 24.6 Å². The number of anilines is 1. The molecule has 0 spiro atoms. The molecule has 1 N–H and O–H groups in total. The number of rotatable bonds is 10. The van der Waals surface area contributed by atoms with Gasteiger partial charge in [0, 0.05) is 44.4 Å². The summed E-state index contributed by atoms with van der Waals surface area (Å²) in [6.45, 7) is 4.16. The van der Waals surface area contributed by atoms with Crippen molar-refractivity contribution in [2.45, 2.75) is 19.3 Å². The molecule has 204 valence electrons. The lowest BCUT2D eigenvalue weighted by Crippen LogP contribution is -2.36. The van der Waals surface area contributed by atoms with Gasteiger partial charge in [0.1, 0.15) is 12.4 Å². The smallest absolute Gasteiger partial charge is 0.406 e. The summed E-state index contributed by atoms with van der Waals surface area (Å²) in [6.07, 6.45) is -4.10. The van der Waals surface area contributed by atoms with Crippen LogP contribution in [0.15, 0.2) is 58.9 Å². The molecular formula is C26H29F3N4O4S. The number of hydrogen-bond acceptors (Lipinski definition) is 7. The third-order valence-electron chi connectivity index (χ3n) is 5.79. The predicted octanol–water partition coefficient (Wildman–Crippen LogP) is 4.34. The van der Waals surface area contributed by atoms with Gasteiger partial charge in [-0.25, -0.2) is 4.99 Å². The third kappa shape index (κ3) is 7.83. The van der Waals surface area contributed by atoms with Gasteiger partial charge in [-0.2, -0.15) is 0 Å². The normalized spacial score (nSPS) is 14.5. The molecule has 4 rings (SSSR count).